The van der Waals surface area contributed by atoms with E-state index >= 15 is 0 Å². The minimum atomic E-state index is -0.572. The number of terminal acetylenes is 1. The fraction of sp³-hybridized carbons (Fsp3) is 0.360. The minimum absolute atomic E-state index is 0.107. The van der Waals surface area contributed by atoms with Gasteiger partial charge in [0.1, 0.15) is 11.4 Å². The normalized spacial score (nSPS) is 12.6. The fourth-order valence-corrected chi connectivity index (χ4v) is 3.37. The number of alkyl carbamates (subject to hydrolysis) is 1. The maximum absolute atomic E-state index is 12.5. The Balaban J connectivity index is 2.07. The van der Waals surface area contributed by atoms with Gasteiger partial charge in [-0.05, 0) is 50.5 Å². The van der Waals surface area contributed by atoms with E-state index in [0.717, 1.165) is 28.0 Å². The van der Waals surface area contributed by atoms with Crippen molar-refractivity contribution in [1.29, 1.82) is 0 Å². The van der Waals surface area contributed by atoms with E-state index in [9.17, 15) is 4.79 Å². The van der Waals surface area contributed by atoms with Gasteiger partial charge in [-0.2, -0.15) is 0 Å². The lowest BCUT2D eigenvalue weighted by Gasteiger charge is -2.26. The molecule has 0 unspecified atom stereocenters. The van der Waals surface area contributed by atoms with Crippen molar-refractivity contribution in [3.8, 4) is 12.3 Å². The number of imidazole rings is 1. The van der Waals surface area contributed by atoms with Crippen LogP contribution in [-0.2, 0) is 11.3 Å². The van der Waals surface area contributed by atoms with Crippen LogP contribution in [0, 0.1) is 18.3 Å². The van der Waals surface area contributed by atoms with E-state index in [1.54, 1.807) is 0 Å². The van der Waals surface area contributed by atoms with Gasteiger partial charge >= 0.3 is 6.09 Å². The molecule has 0 aliphatic heterocycles. The van der Waals surface area contributed by atoms with Crippen molar-refractivity contribution < 1.29 is 9.53 Å². The quantitative estimate of drug-likeness (QED) is 0.589. The van der Waals surface area contributed by atoms with Gasteiger partial charge in [0.15, 0.2) is 0 Å². The third-order valence-corrected chi connectivity index (χ3v) is 4.75. The lowest BCUT2D eigenvalue weighted by Crippen LogP contribution is -2.38. The zero-order chi connectivity index (χ0) is 21.9. The molecule has 5 nitrogen and oxygen atoms in total. The number of fused-ring (bicyclic) bond motifs is 1. The molecule has 1 amide bonds. The number of hydrogen-bond donors (Lipinski definition) is 1. The largest absolute Gasteiger partial charge is 0.444 e. The summed E-state index contributed by atoms with van der Waals surface area (Å²) in [5, 5.41) is 3.02. The van der Waals surface area contributed by atoms with Crippen molar-refractivity contribution >= 4 is 17.1 Å². The number of rotatable bonds is 5. The van der Waals surface area contributed by atoms with E-state index in [2.05, 4.69) is 41.8 Å². The highest BCUT2D eigenvalue weighted by atomic mass is 16.6. The summed E-state index contributed by atoms with van der Waals surface area (Å²) in [5.74, 6) is 3.56. The number of aromatic nitrogens is 2. The molecule has 3 aromatic rings. The van der Waals surface area contributed by atoms with Crippen LogP contribution in [0.4, 0.5) is 4.79 Å². The Hall–Kier alpha value is -3.26. The van der Waals surface area contributed by atoms with Crippen LogP contribution in [0.5, 0.6) is 0 Å². The van der Waals surface area contributed by atoms with E-state index in [-0.39, 0.29) is 12.0 Å². The van der Waals surface area contributed by atoms with E-state index in [0.29, 0.717) is 6.54 Å². The summed E-state index contributed by atoms with van der Waals surface area (Å²) in [6.45, 7) is 10.3. The van der Waals surface area contributed by atoms with Crippen LogP contribution >= 0.6 is 0 Å². The molecule has 30 heavy (non-hydrogen) atoms. The van der Waals surface area contributed by atoms with Gasteiger partial charge in [0.25, 0.3) is 0 Å². The second-order valence-electron chi connectivity index (χ2n) is 8.76. The molecule has 3 rings (SSSR count). The average Bonchev–Trinajstić information content (AvgIpc) is 3.02. The number of carbonyl (C=O) groups excluding carboxylic acids is 1. The summed E-state index contributed by atoms with van der Waals surface area (Å²) in [6, 6.07) is 15.7. The summed E-state index contributed by atoms with van der Waals surface area (Å²) < 4.78 is 7.64. The van der Waals surface area contributed by atoms with Crippen molar-refractivity contribution in [3.63, 3.8) is 0 Å². The number of ether oxygens (including phenoxy) is 1. The predicted molar refractivity (Wildman–Crippen MR) is 120 cm³/mol. The Bertz CT molecular complexity index is 1070. The van der Waals surface area contributed by atoms with Gasteiger partial charge in [-0.25, -0.2) is 9.78 Å². The molecule has 0 saturated carbocycles. The molecule has 2 aromatic carbocycles. The summed E-state index contributed by atoms with van der Waals surface area (Å²) in [6.07, 6.45) is 5.13. The summed E-state index contributed by atoms with van der Waals surface area (Å²) in [5.41, 5.74) is 3.15. The molecule has 0 saturated heterocycles. The molecule has 0 bridgehead atoms. The van der Waals surface area contributed by atoms with Crippen LogP contribution in [0.2, 0.25) is 0 Å². The maximum Gasteiger partial charge on any atom is 0.408 e. The Morgan fingerprint density at radius 3 is 2.50 bits per heavy atom. The molecule has 0 spiro atoms. The third kappa shape index (κ3) is 5.01. The first kappa shape index (κ1) is 21.4. The van der Waals surface area contributed by atoms with Crippen molar-refractivity contribution in [2.75, 3.05) is 0 Å². The fourth-order valence-electron chi connectivity index (χ4n) is 3.37. The second kappa shape index (κ2) is 8.62. The van der Waals surface area contributed by atoms with Crippen molar-refractivity contribution in [1.82, 2.24) is 14.9 Å². The number of hydrogen-bond acceptors (Lipinski definition) is 3. The van der Waals surface area contributed by atoms with Gasteiger partial charge in [0, 0.05) is 12.1 Å². The first-order valence-electron chi connectivity index (χ1n) is 10.2. The molecule has 1 heterocycles. The Morgan fingerprint density at radius 1 is 1.20 bits per heavy atom. The Morgan fingerprint density at radius 2 is 1.90 bits per heavy atom. The molecule has 0 fully saturated rings. The summed E-state index contributed by atoms with van der Waals surface area (Å²) >= 11 is 0. The Labute approximate surface area is 178 Å². The van der Waals surface area contributed by atoms with Crippen LogP contribution < -0.4 is 5.32 Å². The van der Waals surface area contributed by atoms with Crippen LogP contribution in [0.3, 0.4) is 0 Å². The van der Waals surface area contributed by atoms with E-state index < -0.39 is 11.7 Å². The predicted octanol–water partition coefficient (Wildman–Crippen LogP) is 5.29. The van der Waals surface area contributed by atoms with Crippen LogP contribution in [-0.4, -0.2) is 21.2 Å². The maximum atomic E-state index is 12.5. The molecule has 1 atom stereocenters. The highest BCUT2D eigenvalue weighted by Gasteiger charge is 2.27. The first-order valence-corrected chi connectivity index (χ1v) is 10.2. The van der Waals surface area contributed by atoms with Gasteiger partial charge in [-0.3, -0.25) is 0 Å². The van der Waals surface area contributed by atoms with E-state index in [1.165, 1.54) is 0 Å². The first-order chi connectivity index (χ1) is 14.2. The number of benzene rings is 2. The summed E-state index contributed by atoms with van der Waals surface area (Å²) in [7, 11) is 0. The van der Waals surface area contributed by atoms with Crippen LogP contribution in [0.25, 0.3) is 11.0 Å². The van der Waals surface area contributed by atoms with Gasteiger partial charge in [-0.15, -0.1) is 6.42 Å². The monoisotopic (exact) mass is 403 g/mol. The third-order valence-electron chi connectivity index (χ3n) is 4.75. The smallest absolute Gasteiger partial charge is 0.408 e. The highest BCUT2D eigenvalue weighted by Crippen LogP contribution is 2.28. The average molecular weight is 404 g/mol. The lowest BCUT2D eigenvalue weighted by atomic mass is 10.0. The molecule has 0 aliphatic rings. The standard InChI is InChI=1S/C25H29N3O2/c1-7-18-13-14-21-20(15-18)26-23(28(21)16-19-11-9-8-10-12-19)22(17(2)3)27-24(29)30-25(4,5)6/h1,8-15,17,22H,16H2,2-6H3,(H,27,29)/t22-/m1/s1. The molecule has 5 heteroatoms. The highest BCUT2D eigenvalue weighted by molar-refractivity contribution is 5.78. The molecular weight excluding hydrogens is 374 g/mol. The number of nitrogens with one attached hydrogen (secondary N) is 1. The number of carbonyl (C=O) groups is 1. The molecular formula is C25H29N3O2. The van der Waals surface area contributed by atoms with Crippen molar-refractivity contribution in [2.24, 2.45) is 5.92 Å². The van der Waals surface area contributed by atoms with Gasteiger partial charge in [-0.1, -0.05) is 50.1 Å². The lowest BCUT2D eigenvalue weighted by molar-refractivity contribution is 0.0485. The van der Waals surface area contributed by atoms with Gasteiger partial charge in [0.2, 0.25) is 0 Å². The summed E-state index contributed by atoms with van der Waals surface area (Å²) in [4.78, 5) is 17.4. The minimum Gasteiger partial charge on any atom is -0.444 e. The molecule has 0 aliphatic carbocycles. The zero-order valence-corrected chi connectivity index (χ0v) is 18.3. The number of nitrogens with zero attached hydrogens (tertiary/aromatic N) is 2. The van der Waals surface area contributed by atoms with E-state index in [4.69, 9.17) is 16.1 Å². The molecule has 0 radical (unpaired) electrons. The van der Waals surface area contributed by atoms with Crippen LogP contribution in [0.15, 0.2) is 48.5 Å². The Kier molecular flexibility index (Phi) is 6.17. The van der Waals surface area contributed by atoms with Crippen LogP contribution in [0.1, 0.15) is 57.6 Å². The second-order valence-corrected chi connectivity index (χ2v) is 8.76. The van der Waals surface area contributed by atoms with Crippen molar-refractivity contribution in [3.05, 3.63) is 65.5 Å². The van der Waals surface area contributed by atoms with E-state index in [1.807, 2.05) is 57.2 Å². The van der Waals surface area contributed by atoms with Gasteiger partial charge < -0.3 is 14.6 Å². The van der Waals surface area contributed by atoms with Crippen molar-refractivity contribution in [2.45, 2.75) is 52.8 Å². The molecule has 156 valence electrons. The van der Waals surface area contributed by atoms with Gasteiger partial charge in [0.05, 0.1) is 17.1 Å². The molecule has 1 N–H and O–H groups in total. The molecule has 1 aromatic heterocycles. The topological polar surface area (TPSA) is 56.1 Å². The SMILES string of the molecule is C#Cc1ccc2c(c1)nc([C@H](NC(=O)OC(C)(C)C)C(C)C)n2Cc1ccccc1. The number of amides is 1. The zero-order valence-electron chi connectivity index (χ0n) is 18.3.